The first kappa shape index (κ1) is 14.1. The van der Waals surface area contributed by atoms with Crippen LogP contribution in [0.25, 0.3) is 10.9 Å². The van der Waals surface area contributed by atoms with Crippen LogP contribution in [-0.4, -0.2) is 39.7 Å². The molecule has 106 valence electrons. The number of amides is 1. The van der Waals surface area contributed by atoms with Gasteiger partial charge < -0.3 is 20.5 Å². The van der Waals surface area contributed by atoms with E-state index >= 15 is 0 Å². The number of hydrogen-bond acceptors (Lipinski definition) is 3. The number of aryl methyl sites for hydroxylation is 1. The molecule has 0 spiro atoms. The molecule has 0 aliphatic carbocycles. The summed E-state index contributed by atoms with van der Waals surface area (Å²) in [7, 11) is 0. The summed E-state index contributed by atoms with van der Waals surface area (Å²) in [5.41, 5.74) is 2.05. The number of aromatic nitrogens is 1. The van der Waals surface area contributed by atoms with Crippen LogP contribution in [0.1, 0.15) is 12.0 Å². The molecule has 6 nitrogen and oxygen atoms in total. The van der Waals surface area contributed by atoms with E-state index in [-0.39, 0.29) is 18.9 Å². The Hall–Kier alpha value is -2.34. The molecule has 0 bridgehead atoms. The Bertz CT molecular complexity index is 620. The molecule has 20 heavy (non-hydrogen) atoms. The predicted octanol–water partition coefficient (Wildman–Crippen LogP) is 0.662. The maximum absolute atomic E-state index is 11.6. The Morgan fingerprint density at radius 1 is 1.30 bits per heavy atom. The van der Waals surface area contributed by atoms with Crippen molar-refractivity contribution < 1.29 is 19.8 Å². The van der Waals surface area contributed by atoms with Gasteiger partial charge in [-0.25, -0.2) is 4.79 Å². The number of fused-ring (bicyclic) bond motifs is 1. The first-order valence-corrected chi connectivity index (χ1v) is 6.30. The van der Waals surface area contributed by atoms with Crippen LogP contribution < -0.4 is 5.32 Å². The van der Waals surface area contributed by atoms with Crippen molar-refractivity contribution in [1.82, 2.24) is 10.3 Å². The lowest BCUT2D eigenvalue weighted by Crippen LogP contribution is -2.36. The Morgan fingerprint density at radius 2 is 2.05 bits per heavy atom. The van der Waals surface area contributed by atoms with Crippen molar-refractivity contribution in [1.29, 1.82) is 0 Å². The minimum Gasteiger partial charge on any atom is -0.479 e. The smallest absolute Gasteiger partial charge is 0.334 e. The van der Waals surface area contributed by atoms with E-state index < -0.39 is 12.1 Å². The second-order valence-electron chi connectivity index (χ2n) is 4.52. The molecule has 2 aromatic rings. The number of benzene rings is 1. The molecule has 2 rings (SSSR count). The number of aromatic amines is 1. The summed E-state index contributed by atoms with van der Waals surface area (Å²) in [6.45, 7) is -0.276. The largest absolute Gasteiger partial charge is 0.479 e. The average molecular weight is 276 g/mol. The fourth-order valence-electron chi connectivity index (χ4n) is 1.97. The minimum atomic E-state index is -1.56. The quantitative estimate of drug-likeness (QED) is 0.622. The molecule has 1 aromatic heterocycles. The molecule has 0 saturated heterocycles. The van der Waals surface area contributed by atoms with Crippen molar-refractivity contribution in [3.63, 3.8) is 0 Å². The monoisotopic (exact) mass is 276 g/mol. The summed E-state index contributed by atoms with van der Waals surface area (Å²) in [4.78, 5) is 25.1. The lowest BCUT2D eigenvalue weighted by atomic mass is 10.1. The third kappa shape index (κ3) is 3.36. The van der Waals surface area contributed by atoms with Gasteiger partial charge in [-0.3, -0.25) is 4.79 Å². The van der Waals surface area contributed by atoms with Crippen LogP contribution in [0, 0.1) is 0 Å². The highest BCUT2D eigenvalue weighted by atomic mass is 16.4. The van der Waals surface area contributed by atoms with Crippen LogP contribution in [-0.2, 0) is 16.0 Å². The van der Waals surface area contributed by atoms with Gasteiger partial charge in [0.25, 0.3) is 0 Å². The summed E-state index contributed by atoms with van der Waals surface area (Å²) < 4.78 is 0. The van der Waals surface area contributed by atoms with Gasteiger partial charge in [-0.1, -0.05) is 18.2 Å². The van der Waals surface area contributed by atoms with Crippen LogP contribution in [0.5, 0.6) is 0 Å². The van der Waals surface area contributed by atoms with E-state index in [1.54, 1.807) is 0 Å². The molecular weight excluding hydrogens is 260 g/mol. The van der Waals surface area contributed by atoms with E-state index in [1.807, 2.05) is 30.5 Å². The highest BCUT2D eigenvalue weighted by Crippen LogP contribution is 2.18. The second-order valence-corrected chi connectivity index (χ2v) is 4.52. The Morgan fingerprint density at radius 3 is 2.80 bits per heavy atom. The van der Waals surface area contributed by atoms with E-state index in [0.717, 1.165) is 16.5 Å². The maximum Gasteiger partial charge on any atom is 0.334 e. The number of carboxylic acids is 1. The first-order valence-electron chi connectivity index (χ1n) is 6.30. The van der Waals surface area contributed by atoms with Gasteiger partial charge in [-0.2, -0.15) is 0 Å². The molecular formula is C14H16N2O4. The van der Waals surface area contributed by atoms with Gasteiger partial charge in [0.2, 0.25) is 5.91 Å². The number of para-hydroxylation sites is 1. The van der Waals surface area contributed by atoms with Gasteiger partial charge in [-0.05, 0) is 18.1 Å². The van der Waals surface area contributed by atoms with Crippen molar-refractivity contribution in [2.45, 2.75) is 18.9 Å². The van der Waals surface area contributed by atoms with Crippen molar-refractivity contribution >= 4 is 22.8 Å². The molecule has 0 saturated carbocycles. The molecule has 1 heterocycles. The maximum atomic E-state index is 11.6. The van der Waals surface area contributed by atoms with Gasteiger partial charge in [0.15, 0.2) is 6.10 Å². The number of aliphatic carboxylic acids is 1. The number of aliphatic hydroxyl groups excluding tert-OH is 1. The number of carbonyl (C=O) groups excluding carboxylic acids is 1. The zero-order chi connectivity index (χ0) is 14.5. The van der Waals surface area contributed by atoms with Crippen LogP contribution in [0.3, 0.4) is 0 Å². The molecule has 4 N–H and O–H groups in total. The Balaban J connectivity index is 1.86. The third-order valence-electron chi connectivity index (χ3n) is 3.07. The average Bonchev–Trinajstić information content (AvgIpc) is 2.85. The number of carboxylic acid groups (broad SMARTS) is 1. The van der Waals surface area contributed by atoms with Crippen LogP contribution in [0.15, 0.2) is 30.5 Å². The van der Waals surface area contributed by atoms with Crippen LogP contribution in [0.2, 0.25) is 0 Å². The van der Waals surface area contributed by atoms with E-state index in [1.165, 1.54) is 0 Å². The molecule has 1 unspecified atom stereocenters. The van der Waals surface area contributed by atoms with Crippen molar-refractivity contribution in [3.8, 4) is 0 Å². The SMILES string of the molecule is O=C(CCc1c[nH]c2ccccc12)NCC(O)C(=O)O. The van der Waals surface area contributed by atoms with E-state index in [2.05, 4.69) is 10.3 Å². The molecule has 0 aliphatic heterocycles. The molecule has 0 aliphatic rings. The number of hydrogen-bond donors (Lipinski definition) is 4. The molecule has 1 aromatic carbocycles. The van der Waals surface area contributed by atoms with Crippen LogP contribution in [0.4, 0.5) is 0 Å². The molecule has 1 amide bonds. The molecule has 0 radical (unpaired) electrons. The van der Waals surface area contributed by atoms with E-state index in [9.17, 15) is 9.59 Å². The second kappa shape index (κ2) is 6.21. The molecule has 0 fully saturated rings. The number of nitrogens with one attached hydrogen (secondary N) is 2. The van der Waals surface area contributed by atoms with Crippen molar-refractivity contribution in [2.24, 2.45) is 0 Å². The van der Waals surface area contributed by atoms with Crippen molar-refractivity contribution in [2.75, 3.05) is 6.54 Å². The Labute approximate surface area is 115 Å². The fourth-order valence-corrected chi connectivity index (χ4v) is 1.97. The summed E-state index contributed by atoms with van der Waals surface area (Å²) in [6, 6.07) is 7.81. The van der Waals surface area contributed by atoms with Gasteiger partial charge in [0.05, 0.1) is 6.54 Å². The van der Waals surface area contributed by atoms with Gasteiger partial charge in [-0.15, -0.1) is 0 Å². The zero-order valence-electron chi connectivity index (χ0n) is 10.8. The van der Waals surface area contributed by atoms with Crippen LogP contribution >= 0.6 is 0 Å². The molecule has 6 heteroatoms. The normalized spacial score (nSPS) is 12.2. The summed E-state index contributed by atoms with van der Waals surface area (Å²) in [5.74, 6) is -1.63. The standard InChI is InChI=1S/C14H16N2O4/c17-12(14(19)20)8-16-13(18)6-5-9-7-15-11-4-2-1-3-10(9)11/h1-4,7,12,15,17H,5-6,8H2,(H,16,18)(H,19,20). The van der Waals surface area contributed by atoms with Crippen molar-refractivity contribution in [3.05, 3.63) is 36.0 Å². The fraction of sp³-hybridized carbons (Fsp3) is 0.286. The van der Waals surface area contributed by atoms with Gasteiger partial charge in [0, 0.05) is 23.5 Å². The highest BCUT2D eigenvalue weighted by Gasteiger charge is 2.14. The predicted molar refractivity (Wildman–Crippen MR) is 73.3 cm³/mol. The number of carbonyl (C=O) groups is 2. The summed E-state index contributed by atoms with van der Waals surface area (Å²) >= 11 is 0. The van der Waals surface area contributed by atoms with E-state index in [0.29, 0.717) is 6.42 Å². The lowest BCUT2D eigenvalue weighted by Gasteiger charge is -2.07. The molecule has 1 atom stereocenters. The highest BCUT2D eigenvalue weighted by molar-refractivity contribution is 5.84. The number of aliphatic hydroxyl groups is 1. The van der Waals surface area contributed by atoms with E-state index in [4.69, 9.17) is 10.2 Å². The summed E-state index contributed by atoms with van der Waals surface area (Å²) in [6.07, 6.45) is 1.10. The number of rotatable bonds is 6. The Kier molecular flexibility index (Phi) is 4.37. The minimum absolute atomic E-state index is 0.244. The topological polar surface area (TPSA) is 102 Å². The summed E-state index contributed by atoms with van der Waals surface area (Å²) in [5, 5.41) is 21.0. The van der Waals surface area contributed by atoms with Gasteiger partial charge in [0.1, 0.15) is 0 Å². The zero-order valence-corrected chi connectivity index (χ0v) is 10.8. The third-order valence-corrected chi connectivity index (χ3v) is 3.07. The first-order chi connectivity index (χ1) is 9.58. The number of H-pyrrole nitrogens is 1. The van der Waals surface area contributed by atoms with Gasteiger partial charge >= 0.3 is 5.97 Å². The lowest BCUT2D eigenvalue weighted by molar-refractivity contribution is -0.146.